The van der Waals surface area contributed by atoms with E-state index in [9.17, 15) is 29.1 Å². The van der Waals surface area contributed by atoms with Gasteiger partial charge in [0, 0.05) is 16.5 Å². The lowest BCUT2D eigenvalue weighted by Gasteiger charge is -2.30. The van der Waals surface area contributed by atoms with Crippen LogP contribution < -0.4 is 24.4 Å². The SMILES string of the molecule is COc1ccc(NC(=O)COc2ccc([C@@H]3c4sc(=O)[nH]c4SC4C(=O)N(CC(=O)O)C(=O)C43)cc2OC)cc1. The summed E-state index contributed by atoms with van der Waals surface area (Å²) in [5, 5.41) is 11.5. The van der Waals surface area contributed by atoms with E-state index in [0.717, 1.165) is 28.0 Å². The first-order valence-corrected chi connectivity index (χ1v) is 13.6. The van der Waals surface area contributed by atoms with Crippen molar-refractivity contribution in [2.24, 2.45) is 5.92 Å². The average Bonchev–Trinajstić information content (AvgIpc) is 3.42. The summed E-state index contributed by atoms with van der Waals surface area (Å²) in [6, 6.07) is 11.7. The Morgan fingerprint density at radius 2 is 1.77 bits per heavy atom. The first-order chi connectivity index (χ1) is 19.2. The van der Waals surface area contributed by atoms with Crippen molar-refractivity contribution in [1.29, 1.82) is 0 Å². The fourth-order valence-corrected chi connectivity index (χ4v) is 7.27. The molecule has 2 aliphatic heterocycles. The molecular formula is C26H23N3O9S2. The Morgan fingerprint density at radius 1 is 1.02 bits per heavy atom. The van der Waals surface area contributed by atoms with Crippen molar-refractivity contribution in [2.45, 2.75) is 16.2 Å². The second kappa shape index (κ2) is 11.1. The van der Waals surface area contributed by atoms with Crippen LogP contribution in [0.25, 0.3) is 0 Å². The number of likely N-dealkylation sites (tertiary alicyclic amines) is 1. The molecule has 2 aliphatic rings. The third-order valence-corrected chi connectivity index (χ3v) is 8.89. The van der Waals surface area contributed by atoms with Gasteiger partial charge in [-0.15, -0.1) is 0 Å². The van der Waals surface area contributed by atoms with Crippen LogP contribution in [-0.4, -0.2) is 71.3 Å². The molecule has 5 rings (SSSR count). The summed E-state index contributed by atoms with van der Waals surface area (Å²) in [5.74, 6) is -3.36. The van der Waals surface area contributed by atoms with Gasteiger partial charge in [-0.3, -0.25) is 28.9 Å². The molecule has 3 heterocycles. The highest BCUT2D eigenvalue weighted by molar-refractivity contribution is 8.00. The van der Waals surface area contributed by atoms with Gasteiger partial charge >= 0.3 is 10.8 Å². The maximum absolute atomic E-state index is 13.3. The Hall–Kier alpha value is -4.30. The maximum Gasteiger partial charge on any atom is 0.323 e. The van der Waals surface area contributed by atoms with Crippen LogP contribution in [0.1, 0.15) is 16.4 Å². The Bertz CT molecular complexity index is 1550. The van der Waals surface area contributed by atoms with Crippen molar-refractivity contribution in [3.05, 3.63) is 62.6 Å². The number of ether oxygens (including phenoxy) is 3. The summed E-state index contributed by atoms with van der Waals surface area (Å²) in [4.78, 5) is 66.0. The van der Waals surface area contributed by atoms with E-state index >= 15 is 0 Å². The van der Waals surface area contributed by atoms with Crippen LogP contribution in [0, 0.1) is 5.92 Å². The second-order valence-electron chi connectivity index (χ2n) is 8.88. The van der Waals surface area contributed by atoms with Gasteiger partial charge in [-0.1, -0.05) is 29.2 Å². The number of aliphatic carboxylic acids is 1. The molecule has 2 unspecified atom stereocenters. The number of nitrogens with zero attached hydrogens (tertiary/aromatic N) is 1. The van der Waals surface area contributed by atoms with Gasteiger partial charge in [0.05, 0.1) is 25.2 Å². The zero-order valence-electron chi connectivity index (χ0n) is 21.2. The van der Waals surface area contributed by atoms with Gasteiger partial charge < -0.3 is 29.6 Å². The number of thiazole rings is 1. The Labute approximate surface area is 235 Å². The van der Waals surface area contributed by atoms with Crippen molar-refractivity contribution in [3.63, 3.8) is 0 Å². The molecule has 0 saturated carbocycles. The number of aromatic nitrogens is 1. The van der Waals surface area contributed by atoms with Crippen molar-refractivity contribution in [1.82, 2.24) is 9.88 Å². The monoisotopic (exact) mass is 585 g/mol. The molecule has 14 heteroatoms. The van der Waals surface area contributed by atoms with Crippen LogP contribution in [0.5, 0.6) is 17.2 Å². The van der Waals surface area contributed by atoms with Gasteiger partial charge in [0.2, 0.25) is 11.8 Å². The maximum atomic E-state index is 13.3. The van der Waals surface area contributed by atoms with Crippen LogP contribution in [0.4, 0.5) is 5.69 Å². The fraction of sp³-hybridized carbons (Fsp3) is 0.269. The minimum Gasteiger partial charge on any atom is -0.497 e. The van der Waals surface area contributed by atoms with Crippen molar-refractivity contribution >= 4 is 52.5 Å². The predicted molar refractivity (Wildman–Crippen MR) is 144 cm³/mol. The molecule has 2 aromatic carbocycles. The number of carbonyl (C=O) groups excluding carboxylic acids is 3. The number of thioether (sulfide) groups is 1. The quantitative estimate of drug-likeness (QED) is 0.317. The molecule has 3 atom stereocenters. The highest BCUT2D eigenvalue weighted by Gasteiger charge is 2.56. The topological polar surface area (TPSA) is 164 Å². The van der Waals surface area contributed by atoms with Gasteiger partial charge in [0.25, 0.3) is 5.91 Å². The summed E-state index contributed by atoms with van der Waals surface area (Å²) in [5.41, 5.74) is 1.13. The standard InChI is InChI=1S/C26H23N3O9S2/c1-36-14-6-4-13(5-7-14)27-17(30)11-38-15-8-3-12(9-16(15)37-2)19-20-22(39-23-21(19)40-26(35)28-23)25(34)29(24(20)33)10-18(31)32/h3-9,19-20,22H,10-11H2,1-2H3,(H,27,30)(H,28,35)(H,31,32)/t19-,20?,22?/m0/s1. The number of amides is 3. The number of carbonyl (C=O) groups is 4. The molecule has 208 valence electrons. The number of methoxy groups -OCH3 is 2. The minimum absolute atomic E-state index is 0.265. The van der Waals surface area contributed by atoms with E-state index in [1.54, 1.807) is 49.6 Å². The molecule has 0 spiro atoms. The first kappa shape index (κ1) is 27.3. The number of fused-ring (bicyclic) bond motifs is 2. The molecule has 1 aromatic heterocycles. The number of carboxylic acids is 1. The smallest absolute Gasteiger partial charge is 0.323 e. The van der Waals surface area contributed by atoms with E-state index in [0.29, 0.717) is 26.9 Å². The molecule has 1 fully saturated rings. The number of H-pyrrole nitrogens is 1. The number of aromatic amines is 1. The summed E-state index contributed by atoms with van der Waals surface area (Å²) < 4.78 is 16.3. The third-order valence-electron chi connectivity index (χ3n) is 6.49. The highest BCUT2D eigenvalue weighted by atomic mass is 32.2. The number of benzene rings is 2. The van der Waals surface area contributed by atoms with E-state index in [-0.39, 0.29) is 23.0 Å². The van der Waals surface area contributed by atoms with E-state index in [4.69, 9.17) is 14.2 Å². The molecule has 0 bridgehead atoms. The van der Waals surface area contributed by atoms with Crippen LogP contribution in [0.3, 0.4) is 0 Å². The van der Waals surface area contributed by atoms with Gasteiger partial charge in [0.15, 0.2) is 18.1 Å². The number of hydrogen-bond acceptors (Lipinski definition) is 10. The normalized spacial score (nSPS) is 19.6. The van der Waals surface area contributed by atoms with Crippen LogP contribution in [0.2, 0.25) is 0 Å². The van der Waals surface area contributed by atoms with Crippen LogP contribution in [0.15, 0.2) is 52.3 Å². The highest BCUT2D eigenvalue weighted by Crippen LogP contribution is 2.53. The number of imide groups is 1. The molecule has 3 amide bonds. The zero-order valence-corrected chi connectivity index (χ0v) is 22.8. The molecule has 0 radical (unpaired) electrons. The molecule has 3 N–H and O–H groups in total. The first-order valence-electron chi connectivity index (χ1n) is 11.9. The Morgan fingerprint density at radius 3 is 2.45 bits per heavy atom. The van der Waals surface area contributed by atoms with E-state index in [1.807, 2.05) is 0 Å². The molecule has 1 saturated heterocycles. The van der Waals surface area contributed by atoms with Crippen molar-refractivity contribution < 1.29 is 38.5 Å². The average molecular weight is 586 g/mol. The molecule has 3 aromatic rings. The molecule has 12 nitrogen and oxygen atoms in total. The Kier molecular flexibility index (Phi) is 7.54. The van der Waals surface area contributed by atoms with E-state index in [2.05, 4.69) is 10.3 Å². The second-order valence-corrected chi connectivity index (χ2v) is 11.0. The summed E-state index contributed by atoms with van der Waals surface area (Å²) in [6.45, 7) is -1.05. The van der Waals surface area contributed by atoms with Crippen LogP contribution in [-0.2, 0) is 19.2 Å². The summed E-state index contributed by atoms with van der Waals surface area (Å²) >= 11 is 1.99. The third kappa shape index (κ3) is 5.14. The minimum atomic E-state index is -1.30. The summed E-state index contributed by atoms with van der Waals surface area (Å²) in [7, 11) is 2.96. The molecule has 0 aliphatic carbocycles. The lowest BCUT2D eigenvalue weighted by Crippen LogP contribution is -2.36. The number of carboxylic acid groups (broad SMARTS) is 1. The van der Waals surface area contributed by atoms with Gasteiger partial charge in [-0.05, 0) is 42.0 Å². The van der Waals surface area contributed by atoms with Gasteiger partial charge in [0.1, 0.15) is 17.5 Å². The van der Waals surface area contributed by atoms with E-state index < -0.39 is 47.3 Å². The number of nitrogens with one attached hydrogen (secondary N) is 2. The number of anilines is 1. The molecular weight excluding hydrogens is 562 g/mol. The lowest BCUT2D eigenvalue weighted by atomic mass is 9.83. The largest absolute Gasteiger partial charge is 0.497 e. The van der Waals surface area contributed by atoms with Gasteiger partial charge in [-0.2, -0.15) is 0 Å². The van der Waals surface area contributed by atoms with Gasteiger partial charge in [-0.25, -0.2) is 0 Å². The van der Waals surface area contributed by atoms with E-state index in [1.165, 1.54) is 7.11 Å². The van der Waals surface area contributed by atoms with Crippen molar-refractivity contribution in [2.75, 3.05) is 32.7 Å². The zero-order chi connectivity index (χ0) is 28.6. The van der Waals surface area contributed by atoms with Crippen LogP contribution >= 0.6 is 23.1 Å². The summed E-state index contributed by atoms with van der Waals surface area (Å²) in [6.07, 6.45) is 0. The Balaban J connectivity index is 1.39. The predicted octanol–water partition coefficient (Wildman–Crippen LogP) is 2.15. The fourth-order valence-electron chi connectivity index (χ4n) is 4.74. The number of hydrogen-bond donors (Lipinski definition) is 3. The number of rotatable bonds is 9. The lowest BCUT2D eigenvalue weighted by molar-refractivity contribution is -0.149. The van der Waals surface area contributed by atoms with Crippen molar-refractivity contribution in [3.8, 4) is 17.2 Å². The molecule has 40 heavy (non-hydrogen) atoms.